The summed E-state index contributed by atoms with van der Waals surface area (Å²) in [4.78, 5) is 17.1. The van der Waals surface area contributed by atoms with E-state index in [0.717, 1.165) is 38.0 Å². The number of thiazole rings is 1. The molecule has 0 aliphatic carbocycles. The molecule has 1 fully saturated rings. The number of aryl methyl sites for hydroxylation is 1. The zero-order valence-electron chi connectivity index (χ0n) is 9.45. The summed E-state index contributed by atoms with van der Waals surface area (Å²) in [6, 6.07) is -0.0380. The lowest BCUT2D eigenvalue weighted by molar-refractivity contribution is -0.122. The van der Waals surface area contributed by atoms with Crippen LogP contribution in [0.2, 0.25) is 0 Å². The summed E-state index contributed by atoms with van der Waals surface area (Å²) >= 11 is 1.64. The van der Waals surface area contributed by atoms with Crippen molar-refractivity contribution in [1.82, 2.24) is 15.6 Å². The lowest BCUT2D eigenvalue weighted by atomic mass is 10.1. The fourth-order valence-electron chi connectivity index (χ4n) is 1.85. The van der Waals surface area contributed by atoms with Gasteiger partial charge in [-0.15, -0.1) is 11.3 Å². The molecule has 1 aliphatic rings. The SMILES string of the molecule is Cc1ncsc1CNC1CCCCNC1=O. The molecule has 0 aromatic carbocycles. The van der Waals surface area contributed by atoms with E-state index in [4.69, 9.17) is 0 Å². The largest absolute Gasteiger partial charge is 0.355 e. The molecule has 1 saturated heterocycles. The molecule has 5 heteroatoms. The molecule has 1 amide bonds. The summed E-state index contributed by atoms with van der Waals surface area (Å²) in [6.07, 6.45) is 3.13. The van der Waals surface area contributed by atoms with Gasteiger partial charge >= 0.3 is 0 Å². The number of aromatic nitrogens is 1. The van der Waals surface area contributed by atoms with E-state index in [1.54, 1.807) is 11.3 Å². The maximum atomic E-state index is 11.7. The third-order valence-corrected chi connectivity index (χ3v) is 3.82. The first-order valence-corrected chi connectivity index (χ1v) is 6.55. The lowest BCUT2D eigenvalue weighted by Crippen LogP contribution is -2.42. The maximum absolute atomic E-state index is 11.7. The Morgan fingerprint density at radius 1 is 1.62 bits per heavy atom. The van der Waals surface area contributed by atoms with E-state index in [1.807, 2.05) is 12.4 Å². The third-order valence-electron chi connectivity index (χ3n) is 2.89. The van der Waals surface area contributed by atoms with Crippen molar-refractivity contribution in [2.75, 3.05) is 6.54 Å². The number of amides is 1. The Labute approximate surface area is 99.5 Å². The zero-order valence-corrected chi connectivity index (χ0v) is 10.3. The van der Waals surface area contributed by atoms with Crippen LogP contribution < -0.4 is 10.6 Å². The van der Waals surface area contributed by atoms with Gasteiger partial charge in [-0.3, -0.25) is 4.79 Å². The third kappa shape index (κ3) is 2.80. The highest BCUT2D eigenvalue weighted by molar-refractivity contribution is 7.09. The smallest absolute Gasteiger partial charge is 0.237 e. The summed E-state index contributed by atoms with van der Waals surface area (Å²) in [5.74, 6) is 0.139. The van der Waals surface area contributed by atoms with E-state index in [2.05, 4.69) is 15.6 Å². The fourth-order valence-corrected chi connectivity index (χ4v) is 2.57. The minimum atomic E-state index is -0.0380. The maximum Gasteiger partial charge on any atom is 0.237 e. The van der Waals surface area contributed by atoms with Gasteiger partial charge < -0.3 is 10.6 Å². The second-order valence-corrected chi connectivity index (χ2v) is 5.02. The topological polar surface area (TPSA) is 54.0 Å². The lowest BCUT2D eigenvalue weighted by Gasteiger charge is -2.14. The Bertz CT molecular complexity index is 364. The van der Waals surface area contributed by atoms with Gasteiger partial charge in [0.15, 0.2) is 0 Å². The number of rotatable bonds is 3. The molecular weight excluding hydrogens is 222 g/mol. The summed E-state index contributed by atoms with van der Waals surface area (Å²) in [6.45, 7) is 3.56. The summed E-state index contributed by atoms with van der Waals surface area (Å²) in [5, 5.41) is 6.24. The molecule has 1 aromatic rings. The van der Waals surface area contributed by atoms with Crippen molar-refractivity contribution in [3.05, 3.63) is 16.1 Å². The van der Waals surface area contributed by atoms with Crippen molar-refractivity contribution >= 4 is 17.2 Å². The van der Waals surface area contributed by atoms with Gasteiger partial charge in [0.2, 0.25) is 5.91 Å². The predicted octanol–water partition coefficient (Wildman–Crippen LogP) is 1.21. The van der Waals surface area contributed by atoms with Crippen LogP contribution in [0.5, 0.6) is 0 Å². The molecule has 0 spiro atoms. The summed E-state index contributed by atoms with van der Waals surface area (Å²) in [5.41, 5.74) is 2.91. The van der Waals surface area contributed by atoms with Crippen LogP contribution in [0.3, 0.4) is 0 Å². The number of nitrogens with one attached hydrogen (secondary N) is 2. The Morgan fingerprint density at radius 3 is 3.25 bits per heavy atom. The quantitative estimate of drug-likeness (QED) is 0.833. The zero-order chi connectivity index (χ0) is 11.4. The van der Waals surface area contributed by atoms with Crippen LogP contribution in [0.4, 0.5) is 0 Å². The molecular formula is C11H17N3OS. The number of carbonyl (C=O) groups is 1. The highest BCUT2D eigenvalue weighted by Crippen LogP contribution is 2.13. The molecule has 2 N–H and O–H groups in total. The Morgan fingerprint density at radius 2 is 2.50 bits per heavy atom. The highest BCUT2D eigenvalue weighted by atomic mass is 32.1. The average Bonchev–Trinajstić information content (AvgIpc) is 2.56. The molecule has 1 aliphatic heterocycles. The fraction of sp³-hybridized carbons (Fsp3) is 0.636. The summed E-state index contributed by atoms with van der Waals surface area (Å²) in [7, 11) is 0. The Hall–Kier alpha value is -0.940. The number of carbonyl (C=O) groups excluding carboxylic acids is 1. The molecule has 2 heterocycles. The Kier molecular flexibility index (Phi) is 3.90. The van der Waals surface area contributed by atoms with Gasteiger partial charge in [0.25, 0.3) is 0 Å². The second kappa shape index (κ2) is 5.41. The number of hydrogen-bond acceptors (Lipinski definition) is 4. The van der Waals surface area contributed by atoms with Crippen molar-refractivity contribution in [1.29, 1.82) is 0 Å². The van der Waals surface area contributed by atoms with Crippen LogP contribution >= 0.6 is 11.3 Å². The predicted molar refractivity (Wildman–Crippen MR) is 64.3 cm³/mol. The van der Waals surface area contributed by atoms with Crippen molar-refractivity contribution in [2.24, 2.45) is 0 Å². The van der Waals surface area contributed by atoms with E-state index >= 15 is 0 Å². The normalized spacial score (nSPS) is 21.6. The molecule has 0 radical (unpaired) electrons. The molecule has 0 bridgehead atoms. The molecule has 88 valence electrons. The molecule has 0 saturated carbocycles. The van der Waals surface area contributed by atoms with E-state index in [1.165, 1.54) is 4.88 Å². The van der Waals surface area contributed by atoms with E-state index in [0.29, 0.717) is 0 Å². The van der Waals surface area contributed by atoms with Crippen LogP contribution in [0, 0.1) is 6.92 Å². The van der Waals surface area contributed by atoms with Crippen molar-refractivity contribution < 1.29 is 4.79 Å². The van der Waals surface area contributed by atoms with Crippen LogP contribution in [-0.4, -0.2) is 23.5 Å². The van der Waals surface area contributed by atoms with E-state index in [-0.39, 0.29) is 11.9 Å². The van der Waals surface area contributed by atoms with Gasteiger partial charge in [0.05, 0.1) is 17.2 Å². The molecule has 2 rings (SSSR count). The summed E-state index contributed by atoms with van der Waals surface area (Å²) < 4.78 is 0. The van der Waals surface area contributed by atoms with Gasteiger partial charge in [-0.1, -0.05) is 0 Å². The molecule has 4 nitrogen and oxygen atoms in total. The number of nitrogens with zero attached hydrogens (tertiary/aromatic N) is 1. The molecule has 1 atom stereocenters. The minimum absolute atomic E-state index is 0.0380. The van der Waals surface area contributed by atoms with Crippen LogP contribution in [-0.2, 0) is 11.3 Å². The first kappa shape index (κ1) is 11.5. The highest BCUT2D eigenvalue weighted by Gasteiger charge is 2.20. The van der Waals surface area contributed by atoms with Gasteiger partial charge in [0, 0.05) is 18.0 Å². The molecule has 1 unspecified atom stereocenters. The van der Waals surface area contributed by atoms with Gasteiger partial charge in [-0.2, -0.15) is 0 Å². The first-order valence-electron chi connectivity index (χ1n) is 5.67. The Balaban J connectivity index is 1.89. The van der Waals surface area contributed by atoms with Gasteiger partial charge in [0.1, 0.15) is 0 Å². The molecule has 1 aromatic heterocycles. The second-order valence-electron chi connectivity index (χ2n) is 4.08. The minimum Gasteiger partial charge on any atom is -0.355 e. The number of hydrogen-bond donors (Lipinski definition) is 2. The molecule has 16 heavy (non-hydrogen) atoms. The van der Waals surface area contributed by atoms with Crippen molar-refractivity contribution in [3.8, 4) is 0 Å². The monoisotopic (exact) mass is 239 g/mol. The van der Waals surface area contributed by atoms with Crippen LogP contribution in [0.15, 0.2) is 5.51 Å². The van der Waals surface area contributed by atoms with Gasteiger partial charge in [-0.05, 0) is 26.2 Å². The van der Waals surface area contributed by atoms with E-state index < -0.39 is 0 Å². The first-order chi connectivity index (χ1) is 7.77. The van der Waals surface area contributed by atoms with Gasteiger partial charge in [-0.25, -0.2) is 4.98 Å². The van der Waals surface area contributed by atoms with E-state index in [9.17, 15) is 4.79 Å². The average molecular weight is 239 g/mol. The van der Waals surface area contributed by atoms with Crippen molar-refractivity contribution in [3.63, 3.8) is 0 Å². The van der Waals surface area contributed by atoms with Crippen LogP contribution in [0.1, 0.15) is 29.8 Å². The van der Waals surface area contributed by atoms with Crippen LogP contribution in [0.25, 0.3) is 0 Å². The van der Waals surface area contributed by atoms with Crippen molar-refractivity contribution in [2.45, 2.75) is 38.8 Å². The standard InChI is InChI=1S/C11H17N3OS/c1-8-10(16-7-14-8)6-13-9-4-2-3-5-12-11(9)15/h7,9,13H,2-6H2,1H3,(H,12,15).